The van der Waals surface area contributed by atoms with Crippen molar-refractivity contribution in [2.24, 2.45) is 0 Å². The number of rotatable bonds is 3. The highest BCUT2D eigenvalue weighted by molar-refractivity contribution is 5.87. The summed E-state index contributed by atoms with van der Waals surface area (Å²) in [5.74, 6) is 0.279. The van der Waals surface area contributed by atoms with Crippen LogP contribution in [0.3, 0.4) is 0 Å². The highest BCUT2D eigenvalue weighted by Gasteiger charge is 2.02. The van der Waals surface area contributed by atoms with E-state index in [4.69, 9.17) is 0 Å². The van der Waals surface area contributed by atoms with Crippen LogP contribution in [0.5, 0.6) is 0 Å². The molecule has 0 saturated carbocycles. The monoisotopic (exact) mass is 245 g/mol. The number of urea groups is 1. The van der Waals surface area contributed by atoms with E-state index in [1.54, 1.807) is 24.5 Å². The average molecular weight is 245 g/mol. The Bertz CT molecular complexity index is 561. The predicted molar refractivity (Wildman–Crippen MR) is 65.0 cm³/mol. The normalized spacial score (nSPS) is 9.78. The van der Waals surface area contributed by atoms with Crippen LogP contribution in [0.2, 0.25) is 0 Å². The fourth-order valence-electron chi connectivity index (χ4n) is 1.26. The van der Waals surface area contributed by atoms with Gasteiger partial charge in [-0.05, 0) is 23.8 Å². The minimum Gasteiger partial charge on any atom is -0.334 e. The standard InChI is InChI=1S/C11H11N5O2/c17-10-2-1-9(15-16-10)14-11(18)13-7-8-3-5-12-6-4-8/h1-6H,7H2,(H,16,17)(H2,13,14,15,18). The van der Waals surface area contributed by atoms with Gasteiger partial charge in [-0.1, -0.05) is 0 Å². The predicted octanol–water partition coefficient (Wildman–Crippen LogP) is 0.487. The number of carbonyl (C=O) groups is 1. The summed E-state index contributed by atoms with van der Waals surface area (Å²) in [6.07, 6.45) is 3.30. The van der Waals surface area contributed by atoms with Crippen LogP contribution in [-0.4, -0.2) is 21.2 Å². The second-order valence-corrected chi connectivity index (χ2v) is 3.47. The van der Waals surface area contributed by atoms with Crippen LogP contribution in [0.25, 0.3) is 0 Å². The number of carbonyl (C=O) groups excluding carboxylic acids is 1. The number of nitrogens with zero attached hydrogens (tertiary/aromatic N) is 2. The molecule has 3 N–H and O–H groups in total. The van der Waals surface area contributed by atoms with Crippen LogP contribution in [-0.2, 0) is 6.54 Å². The first-order valence-corrected chi connectivity index (χ1v) is 5.23. The Kier molecular flexibility index (Phi) is 3.65. The Hall–Kier alpha value is -2.70. The summed E-state index contributed by atoms with van der Waals surface area (Å²) in [4.78, 5) is 26.1. The maximum Gasteiger partial charge on any atom is 0.320 e. The lowest BCUT2D eigenvalue weighted by molar-refractivity contribution is 0.251. The number of aromatic nitrogens is 3. The van der Waals surface area contributed by atoms with Crippen molar-refractivity contribution in [3.8, 4) is 0 Å². The van der Waals surface area contributed by atoms with Gasteiger partial charge in [0.15, 0.2) is 5.82 Å². The van der Waals surface area contributed by atoms with Gasteiger partial charge in [0.05, 0.1) is 0 Å². The SMILES string of the molecule is O=C(NCc1ccncc1)Nc1ccc(=O)[nH]n1. The Balaban J connectivity index is 1.86. The molecule has 0 aliphatic rings. The van der Waals surface area contributed by atoms with E-state index in [-0.39, 0.29) is 11.4 Å². The van der Waals surface area contributed by atoms with Gasteiger partial charge in [-0.2, -0.15) is 5.10 Å². The zero-order chi connectivity index (χ0) is 12.8. The summed E-state index contributed by atoms with van der Waals surface area (Å²) in [6.45, 7) is 0.387. The summed E-state index contributed by atoms with van der Waals surface area (Å²) < 4.78 is 0. The molecule has 0 fully saturated rings. The number of aromatic amines is 1. The molecule has 7 nitrogen and oxygen atoms in total. The summed E-state index contributed by atoms with van der Waals surface area (Å²) in [7, 11) is 0. The van der Waals surface area contributed by atoms with E-state index in [0.717, 1.165) is 5.56 Å². The molecule has 2 amide bonds. The Morgan fingerprint density at radius 3 is 2.67 bits per heavy atom. The van der Waals surface area contributed by atoms with E-state index in [2.05, 4.69) is 25.8 Å². The topological polar surface area (TPSA) is 99.8 Å². The van der Waals surface area contributed by atoms with Crippen LogP contribution in [0, 0.1) is 0 Å². The molecule has 0 aliphatic heterocycles. The molecule has 0 spiro atoms. The van der Waals surface area contributed by atoms with Crippen molar-refractivity contribution in [2.75, 3.05) is 5.32 Å². The largest absolute Gasteiger partial charge is 0.334 e. The number of amides is 2. The smallest absolute Gasteiger partial charge is 0.320 e. The van der Waals surface area contributed by atoms with E-state index in [1.165, 1.54) is 12.1 Å². The third-order valence-electron chi connectivity index (χ3n) is 2.12. The van der Waals surface area contributed by atoms with Gasteiger partial charge in [-0.15, -0.1) is 0 Å². The summed E-state index contributed by atoms with van der Waals surface area (Å²) in [5, 5.41) is 11.0. The first-order valence-electron chi connectivity index (χ1n) is 5.23. The number of anilines is 1. The van der Waals surface area contributed by atoms with E-state index >= 15 is 0 Å². The number of pyridine rings is 1. The first-order chi connectivity index (χ1) is 8.74. The molecule has 0 saturated heterocycles. The average Bonchev–Trinajstić information content (AvgIpc) is 2.40. The van der Waals surface area contributed by atoms with E-state index in [1.807, 2.05) is 0 Å². The molecule has 7 heteroatoms. The molecule has 0 radical (unpaired) electrons. The quantitative estimate of drug-likeness (QED) is 0.732. The molecule has 2 aromatic heterocycles. The maximum atomic E-state index is 11.5. The Morgan fingerprint density at radius 2 is 2.00 bits per heavy atom. The van der Waals surface area contributed by atoms with Gasteiger partial charge in [-0.3, -0.25) is 15.1 Å². The van der Waals surface area contributed by atoms with Gasteiger partial charge in [0.25, 0.3) is 5.56 Å². The minimum absolute atomic E-state index is 0.279. The first kappa shape index (κ1) is 11.8. The van der Waals surface area contributed by atoms with E-state index in [9.17, 15) is 9.59 Å². The number of hydrogen-bond acceptors (Lipinski definition) is 4. The molecule has 2 heterocycles. The van der Waals surface area contributed by atoms with Crippen LogP contribution in [0.15, 0.2) is 41.5 Å². The Labute approximate surface area is 102 Å². The third-order valence-corrected chi connectivity index (χ3v) is 2.12. The summed E-state index contributed by atoms with van der Waals surface area (Å²) >= 11 is 0. The van der Waals surface area contributed by atoms with Crippen molar-refractivity contribution in [3.63, 3.8) is 0 Å². The molecule has 0 aliphatic carbocycles. The molecule has 0 unspecified atom stereocenters. The lowest BCUT2D eigenvalue weighted by Crippen LogP contribution is -2.29. The molecule has 0 aromatic carbocycles. The molecule has 0 atom stereocenters. The van der Waals surface area contributed by atoms with Crippen molar-refractivity contribution in [3.05, 3.63) is 52.6 Å². The fraction of sp³-hybridized carbons (Fsp3) is 0.0909. The molecular formula is C11H11N5O2. The van der Waals surface area contributed by atoms with Crippen molar-refractivity contribution in [1.29, 1.82) is 0 Å². The third kappa shape index (κ3) is 3.41. The molecule has 18 heavy (non-hydrogen) atoms. The van der Waals surface area contributed by atoms with E-state index in [0.29, 0.717) is 6.54 Å². The highest BCUT2D eigenvalue weighted by atomic mass is 16.2. The highest BCUT2D eigenvalue weighted by Crippen LogP contribution is 1.97. The maximum absolute atomic E-state index is 11.5. The lowest BCUT2D eigenvalue weighted by Gasteiger charge is -2.06. The van der Waals surface area contributed by atoms with Crippen LogP contribution in [0.1, 0.15) is 5.56 Å². The van der Waals surface area contributed by atoms with E-state index < -0.39 is 6.03 Å². The van der Waals surface area contributed by atoms with Gasteiger partial charge in [0.2, 0.25) is 0 Å². The van der Waals surface area contributed by atoms with Crippen molar-refractivity contribution < 1.29 is 4.79 Å². The van der Waals surface area contributed by atoms with Crippen molar-refractivity contribution in [2.45, 2.75) is 6.54 Å². The molecule has 2 aromatic rings. The zero-order valence-corrected chi connectivity index (χ0v) is 9.38. The molecule has 92 valence electrons. The minimum atomic E-state index is -0.397. The summed E-state index contributed by atoms with van der Waals surface area (Å²) in [5.41, 5.74) is 0.618. The van der Waals surface area contributed by atoms with Gasteiger partial charge in [-0.25, -0.2) is 9.89 Å². The van der Waals surface area contributed by atoms with Gasteiger partial charge in [0, 0.05) is 25.0 Å². The van der Waals surface area contributed by atoms with Crippen LogP contribution < -0.4 is 16.2 Å². The van der Waals surface area contributed by atoms with Crippen LogP contribution in [0.4, 0.5) is 10.6 Å². The number of nitrogens with one attached hydrogen (secondary N) is 3. The molecule has 2 rings (SSSR count). The van der Waals surface area contributed by atoms with Gasteiger partial charge < -0.3 is 5.32 Å². The van der Waals surface area contributed by atoms with Crippen LogP contribution >= 0.6 is 0 Å². The molecular weight excluding hydrogens is 234 g/mol. The zero-order valence-electron chi connectivity index (χ0n) is 9.38. The second kappa shape index (κ2) is 5.58. The lowest BCUT2D eigenvalue weighted by atomic mass is 10.3. The molecule has 0 bridgehead atoms. The van der Waals surface area contributed by atoms with Crippen molar-refractivity contribution >= 4 is 11.8 Å². The fourth-order valence-corrected chi connectivity index (χ4v) is 1.26. The number of H-pyrrole nitrogens is 1. The van der Waals surface area contributed by atoms with Gasteiger partial charge in [0.1, 0.15) is 0 Å². The Morgan fingerprint density at radius 1 is 1.22 bits per heavy atom. The van der Waals surface area contributed by atoms with Crippen molar-refractivity contribution in [1.82, 2.24) is 20.5 Å². The second-order valence-electron chi connectivity index (χ2n) is 3.47. The van der Waals surface area contributed by atoms with Gasteiger partial charge >= 0.3 is 6.03 Å². The summed E-state index contributed by atoms with van der Waals surface area (Å²) in [6, 6.07) is 5.92. The number of hydrogen-bond donors (Lipinski definition) is 3.